The number of nitrogens with zero attached hydrogens (tertiary/aromatic N) is 1. The van der Waals surface area contributed by atoms with Gasteiger partial charge < -0.3 is 27.1 Å². The van der Waals surface area contributed by atoms with E-state index in [9.17, 15) is 14.4 Å². The second-order valence-corrected chi connectivity index (χ2v) is 8.98. The zero-order valence-electron chi connectivity index (χ0n) is 21.7. The molecular weight excluding hydrogens is 494 g/mol. The number of aliphatic imine (C=N–C) groups is 1. The number of carbonyl (C=O) groups is 3. The molecule has 0 aliphatic heterocycles. The van der Waals surface area contributed by atoms with Crippen LogP contribution in [0.3, 0.4) is 0 Å². The van der Waals surface area contributed by atoms with E-state index in [1.165, 1.54) is 6.34 Å². The predicted octanol–water partition coefficient (Wildman–Crippen LogP) is 2.71. The standard InChI is InChI=1S/C29H35N7O3/c30-29(39)34-19-23-10-8-22(9-11-23)18-33-28(38)26(7-4-16-32-20-35-31)24-12-14-25(15-13-24)36-27(37)17-21-5-2-1-3-6-21/h1-3,5-6,8-15,20,26H,4,7,16-19,31H2,(H,32,35)(H,33,38)(H,36,37)(H3,30,34,39)/t26-/m1/s1. The molecule has 3 rings (SSSR count). The summed E-state index contributed by atoms with van der Waals surface area (Å²) in [5.41, 5.74) is 11.8. The van der Waals surface area contributed by atoms with Crippen LogP contribution in [0.25, 0.3) is 0 Å². The van der Waals surface area contributed by atoms with Crippen molar-refractivity contribution in [2.45, 2.75) is 38.3 Å². The van der Waals surface area contributed by atoms with Crippen molar-refractivity contribution in [1.82, 2.24) is 16.1 Å². The average molecular weight is 530 g/mol. The molecule has 8 N–H and O–H groups in total. The molecule has 0 fully saturated rings. The minimum atomic E-state index is -0.579. The monoisotopic (exact) mass is 529 g/mol. The highest BCUT2D eigenvalue weighted by molar-refractivity contribution is 5.92. The third kappa shape index (κ3) is 10.3. The largest absolute Gasteiger partial charge is 0.352 e. The molecule has 0 saturated carbocycles. The molecule has 0 aliphatic rings. The highest BCUT2D eigenvalue weighted by Gasteiger charge is 2.20. The second kappa shape index (κ2) is 15.5. The number of nitrogens with two attached hydrogens (primary N) is 2. The third-order valence-electron chi connectivity index (χ3n) is 6.02. The van der Waals surface area contributed by atoms with E-state index in [0.717, 1.165) is 22.3 Å². The first-order valence-electron chi connectivity index (χ1n) is 12.7. The van der Waals surface area contributed by atoms with Crippen LogP contribution in [0.15, 0.2) is 83.9 Å². The predicted molar refractivity (Wildman–Crippen MR) is 153 cm³/mol. The van der Waals surface area contributed by atoms with Crippen LogP contribution in [0.5, 0.6) is 0 Å². The van der Waals surface area contributed by atoms with Crippen molar-refractivity contribution in [2.24, 2.45) is 16.6 Å². The fourth-order valence-electron chi connectivity index (χ4n) is 4.01. The zero-order valence-corrected chi connectivity index (χ0v) is 21.7. The third-order valence-corrected chi connectivity index (χ3v) is 6.02. The van der Waals surface area contributed by atoms with Crippen molar-refractivity contribution < 1.29 is 14.4 Å². The van der Waals surface area contributed by atoms with Gasteiger partial charge in [-0.05, 0) is 47.2 Å². The second-order valence-electron chi connectivity index (χ2n) is 8.98. The Morgan fingerprint density at radius 3 is 2.08 bits per heavy atom. The Balaban J connectivity index is 1.61. The number of hydrogen-bond donors (Lipinski definition) is 6. The van der Waals surface area contributed by atoms with Gasteiger partial charge in [-0.15, -0.1) is 0 Å². The number of primary amides is 1. The summed E-state index contributed by atoms with van der Waals surface area (Å²) >= 11 is 0. The molecule has 0 radical (unpaired) electrons. The van der Waals surface area contributed by atoms with Gasteiger partial charge in [-0.1, -0.05) is 66.7 Å². The number of urea groups is 1. The van der Waals surface area contributed by atoms with E-state index in [2.05, 4.69) is 26.4 Å². The van der Waals surface area contributed by atoms with Crippen LogP contribution in [-0.4, -0.2) is 30.7 Å². The molecule has 0 spiro atoms. The van der Waals surface area contributed by atoms with Gasteiger partial charge >= 0.3 is 6.03 Å². The number of nitrogens with one attached hydrogen (secondary N) is 4. The fraction of sp³-hybridized carbons (Fsp3) is 0.241. The number of anilines is 1. The number of rotatable bonds is 14. The Morgan fingerprint density at radius 1 is 0.821 bits per heavy atom. The van der Waals surface area contributed by atoms with E-state index < -0.39 is 6.03 Å². The van der Waals surface area contributed by atoms with Crippen molar-refractivity contribution >= 4 is 29.9 Å². The van der Waals surface area contributed by atoms with Gasteiger partial charge in [0.25, 0.3) is 0 Å². The summed E-state index contributed by atoms with van der Waals surface area (Å²) in [6.45, 7) is 1.24. The van der Waals surface area contributed by atoms with Crippen LogP contribution in [-0.2, 0) is 29.1 Å². The molecular formula is C29H35N7O3. The van der Waals surface area contributed by atoms with Crippen LogP contribution in [0, 0.1) is 0 Å². The van der Waals surface area contributed by atoms with E-state index in [-0.39, 0.29) is 24.2 Å². The molecule has 1 atom stereocenters. The van der Waals surface area contributed by atoms with Gasteiger partial charge in [0, 0.05) is 25.3 Å². The Labute approximate surface area is 228 Å². The van der Waals surface area contributed by atoms with E-state index in [0.29, 0.717) is 38.2 Å². The highest BCUT2D eigenvalue weighted by Crippen LogP contribution is 2.24. The van der Waals surface area contributed by atoms with Crippen molar-refractivity contribution in [3.8, 4) is 0 Å². The summed E-state index contributed by atoms with van der Waals surface area (Å²) in [6.07, 6.45) is 2.98. The molecule has 10 nitrogen and oxygen atoms in total. The molecule has 4 amide bonds. The molecule has 0 aliphatic carbocycles. The molecule has 0 bridgehead atoms. The Bertz CT molecular complexity index is 1230. The number of hydrazine groups is 1. The summed E-state index contributed by atoms with van der Waals surface area (Å²) in [4.78, 5) is 40.7. The zero-order chi connectivity index (χ0) is 27.9. The van der Waals surface area contributed by atoms with Crippen molar-refractivity contribution in [1.29, 1.82) is 0 Å². The summed E-state index contributed by atoms with van der Waals surface area (Å²) in [7, 11) is 0. The van der Waals surface area contributed by atoms with Gasteiger partial charge in [0.15, 0.2) is 0 Å². The smallest absolute Gasteiger partial charge is 0.312 e. The first kappa shape index (κ1) is 28.9. The van der Waals surface area contributed by atoms with Crippen LogP contribution >= 0.6 is 0 Å². The van der Waals surface area contributed by atoms with Crippen molar-refractivity contribution in [2.75, 3.05) is 11.9 Å². The fourth-order valence-corrected chi connectivity index (χ4v) is 4.01. The van der Waals surface area contributed by atoms with Crippen LogP contribution in [0.2, 0.25) is 0 Å². The number of benzene rings is 3. The first-order valence-corrected chi connectivity index (χ1v) is 12.7. The molecule has 3 aromatic carbocycles. The topological polar surface area (TPSA) is 164 Å². The summed E-state index contributed by atoms with van der Waals surface area (Å²) < 4.78 is 0. The SMILES string of the molecule is NNC=NCCC[C@@H](C(=O)NCc1ccc(CNC(N)=O)cc1)c1ccc(NC(=O)Cc2ccccc2)cc1. The summed E-state index contributed by atoms with van der Waals surface area (Å²) in [5, 5.41) is 8.48. The molecule has 0 heterocycles. The van der Waals surface area contributed by atoms with E-state index >= 15 is 0 Å². The summed E-state index contributed by atoms with van der Waals surface area (Å²) in [6, 6.07) is 23.9. The lowest BCUT2D eigenvalue weighted by molar-refractivity contribution is -0.123. The quantitative estimate of drug-likeness (QED) is 0.0621. The minimum absolute atomic E-state index is 0.101. The average Bonchev–Trinajstić information content (AvgIpc) is 2.94. The van der Waals surface area contributed by atoms with Gasteiger partial charge in [0.2, 0.25) is 11.8 Å². The van der Waals surface area contributed by atoms with E-state index in [4.69, 9.17) is 11.6 Å². The van der Waals surface area contributed by atoms with Gasteiger partial charge in [0.1, 0.15) is 0 Å². The molecule has 0 unspecified atom stereocenters. The Kier molecular flexibility index (Phi) is 11.5. The van der Waals surface area contributed by atoms with Crippen molar-refractivity contribution in [3.05, 3.63) is 101 Å². The van der Waals surface area contributed by atoms with Crippen LogP contribution in [0.1, 0.15) is 41.0 Å². The lowest BCUT2D eigenvalue weighted by Gasteiger charge is -2.18. The molecule has 204 valence electrons. The van der Waals surface area contributed by atoms with Gasteiger partial charge in [-0.25, -0.2) is 10.6 Å². The lowest BCUT2D eigenvalue weighted by Crippen LogP contribution is -2.29. The van der Waals surface area contributed by atoms with Crippen LogP contribution in [0.4, 0.5) is 10.5 Å². The maximum absolute atomic E-state index is 13.2. The van der Waals surface area contributed by atoms with E-state index in [1.54, 1.807) is 0 Å². The van der Waals surface area contributed by atoms with Gasteiger partial charge in [0.05, 0.1) is 18.7 Å². The highest BCUT2D eigenvalue weighted by atomic mass is 16.2. The van der Waals surface area contributed by atoms with Gasteiger partial charge in [-0.2, -0.15) is 0 Å². The molecule has 10 heteroatoms. The van der Waals surface area contributed by atoms with Gasteiger partial charge in [-0.3, -0.25) is 14.6 Å². The molecule has 0 saturated heterocycles. The van der Waals surface area contributed by atoms with E-state index in [1.807, 2.05) is 78.9 Å². The minimum Gasteiger partial charge on any atom is -0.352 e. The number of carbonyl (C=O) groups excluding carboxylic acids is 3. The normalized spacial score (nSPS) is 11.5. The maximum Gasteiger partial charge on any atom is 0.312 e. The first-order chi connectivity index (χ1) is 18.9. The Morgan fingerprint density at radius 2 is 1.46 bits per heavy atom. The maximum atomic E-state index is 13.2. The summed E-state index contributed by atoms with van der Waals surface area (Å²) in [5.74, 6) is 4.62. The lowest BCUT2D eigenvalue weighted by atomic mass is 9.93. The number of amides is 4. The molecule has 3 aromatic rings. The van der Waals surface area contributed by atoms with Crippen LogP contribution < -0.4 is 33.0 Å². The number of hydrogen-bond acceptors (Lipinski definition) is 5. The molecule has 0 aromatic heterocycles. The Hall–Kier alpha value is -4.70. The van der Waals surface area contributed by atoms with Crippen molar-refractivity contribution in [3.63, 3.8) is 0 Å². The molecule has 39 heavy (non-hydrogen) atoms.